The number of ether oxygens (including phenoxy) is 2. The third-order valence-corrected chi connectivity index (χ3v) is 3.93. The Hall–Kier alpha value is -1.54. The van der Waals surface area contributed by atoms with E-state index in [1.807, 2.05) is 13.8 Å². The molecule has 0 bridgehead atoms. The second kappa shape index (κ2) is 16.9. The molecule has 2 unspecified atom stereocenters. The van der Waals surface area contributed by atoms with Crippen molar-refractivity contribution in [2.75, 3.05) is 0 Å². The first-order valence-corrected chi connectivity index (χ1v) is 9.66. The van der Waals surface area contributed by atoms with Crippen LogP contribution in [0.25, 0.3) is 0 Å². The summed E-state index contributed by atoms with van der Waals surface area (Å²) in [4.78, 5) is 31.3. The molecule has 8 heteroatoms. The number of hydrogen-bond acceptors (Lipinski definition) is 8. The van der Waals surface area contributed by atoms with E-state index < -0.39 is 12.3 Å². The first-order valence-electron chi connectivity index (χ1n) is 9.66. The Labute approximate surface area is 156 Å². The van der Waals surface area contributed by atoms with Gasteiger partial charge in [-0.15, -0.1) is 0 Å². The van der Waals surface area contributed by atoms with Gasteiger partial charge >= 0.3 is 12.3 Å². The highest BCUT2D eigenvalue weighted by Crippen LogP contribution is 2.12. The molecule has 0 fully saturated rings. The third-order valence-electron chi connectivity index (χ3n) is 3.93. The van der Waals surface area contributed by atoms with Crippen molar-refractivity contribution in [1.82, 2.24) is 0 Å². The van der Waals surface area contributed by atoms with Crippen LogP contribution in [0.5, 0.6) is 0 Å². The standard InChI is InChI=1S/C18H34O8/c1-5-9-11-13-15(7-3)21-17(19)23-25-26-24-18(20)22-16(8-4)14-12-10-6-2/h15-16H,5-14H2,1-4H3. The lowest BCUT2D eigenvalue weighted by Gasteiger charge is -2.15. The lowest BCUT2D eigenvalue weighted by molar-refractivity contribution is -0.601. The molecule has 2 atom stereocenters. The van der Waals surface area contributed by atoms with Gasteiger partial charge < -0.3 is 9.47 Å². The SMILES string of the molecule is CCCCCC(CC)OC(=O)OOOOC(=O)OC(CC)CCCCC. The van der Waals surface area contributed by atoms with Crippen LogP contribution in [0.1, 0.15) is 91.9 Å². The molecule has 154 valence electrons. The Morgan fingerprint density at radius 1 is 0.654 bits per heavy atom. The summed E-state index contributed by atoms with van der Waals surface area (Å²) < 4.78 is 10.1. The number of rotatable bonds is 15. The Kier molecular flexibility index (Phi) is 15.9. The van der Waals surface area contributed by atoms with Gasteiger partial charge in [0.05, 0.1) is 0 Å². The van der Waals surface area contributed by atoms with E-state index in [4.69, 9.17) is 9.47 Å². The molecule has 0 heterocycles. The second-order valence-electron chi connectivity index (χ2n) is 6.09. The van der Waals surface area contributed by atoms with E-state index in [-0.39, 0.29) is 12.2 Å². The fourth-order valence-corrected chi connectivity index (χ4v) is 2.33. The normalized spacial score (nSPS) is 12.9. The van der Waals surface area contributed by atoms with Crippen LogP contribution in [-0.2, 0) is 29.3 Å². The topological polar surface area (TPSA) is 89.5 Å². The second-order valence-corrected chi connectivity index (χ2v) is 6.09. The van der Waals surface area contributed by atoms with Crippen LogP contribution >= 0.6 is 0 Å². The van der Waals surface area contributed by atoms with Crippen LogP contribution < -0.4 is 0 Å². The largest absolute Gasteiger partial charge is 0.543 e. The summed E-state index contributed by atoms with van der Waals surface area (Å²) in [5.74, 6) is 0. The fourth-order valence-electron chi connectivity index (χ4n) is 2.33. The van der Waals surface area contributed by atoms with Gasteiger partial charge in [0, 0.05) is 10.1 Å². The molecule has 0 aliphatic rings. The van der Waals surface area contributed by atoms with Crippen LogP contribution in [0.2, 0.25) is 0 Å². The van der Waals surface area contributed by atoms with E-state index in [0.29, 0.717) is 12.8 Å². The van der Waals surface area contributed by atoms with Gasteiger partial charge in [0.25, 0.3) is 0 Å². The van der Waals surface area contributed by atoms with Crippen molar-refractivity contribution >= 4 is 12.3 Å². The number of carbonyl (C=O) groups excluding carboxylic acids is 2. The summed E-state index contributed by atoms with van der Waals surface area (Å²) >= 11 is 0. The van der Waals surface area contributed by atoms with Gasteiger partial charge in [-0.05, 0) is 38.5 Å². The van der Waals surface area contributed by atoms with E-state index in [2.05, 4.69) is 33.7 Å². The average Bonchev–Trinajstić information content (AvgIpc) is 2.63. The minimum absolute atomic E-state index is 0.253. The minimum atomic E-state index is -1.06. The summed E-state index contributed by atoms with van der Waals surface area (Å²) in [5, 5.41) is 8.11. The zero-order valence-electron chi connectivity index (χ0n) is 16.5. The van der Waals surface area contributed by atoms with Crippen molar-refractivity contribution in [3.8, 4) is 0 Å². The number of hydrogen-bond donors (Lipinski definition) is 0. The zero-order chi connectivity index (χ0) is 19.6. The molecule has 0 saturated carbocycles. The molecular formula is C18H34O8. The van der Waals surface area contributed by atoms with Gasteiger partial charge in [0.15, 0.2) is 0 Å². The molecule has 26 heavy (non-hydrogen) atoms. The summed E-state index contributed by atoms with van der Waals surface area (Å²) in [7, 11) is 0. The lowest BCUT2D eigenvalue weighted by atomic mass is 10.1. The fraction of sp³-hybridized carbons (Fsp3) is 0.889. The third kappa shape index (κ3) is 13.7. The molecule has 0 amide bonds. The van der Waals surface area contributed by atoms with E-state index in [1.165, 1.54) is 0 Å². The predicted molar refractivity (Wildman–Crippen MR) is 93.7 cm³/mol. The molecule has 0 spiro atoms. The Morgan fingerprint density at radius 2 is 1.04 bits per heavy atom. The van der Waals surface area contributed by atoms with E-state index >= 15 is 0 Å². The van der Waals surface area contributed by atoms with Crippen molar-refractivity contribution in [2.45, 2.75) is 104 Å². The first kappa shape index (κ1) is 24.5. The molecule has 0 aliphatic carbocycles. The van der Waals surface area contributed by atoms with E-state index in [0.717, 1.165) is 51.4 Å². The summed E-state index contributed by atoms with van der Waals surface area (Å²) in [6, 6.07) is 0. The van der Waals surface area contributed by atoms with Crippen molar-refractivity contribution < 1.29 is 38.9 Å². The molecule has 0 aromatic heterocycles. The van der Waals surface area contributed by atoms with Crippen LogP contribution in [0.4, 0.5) is 9.59 Å². The maximum atomic E-state index is 11.4. The maximum Gasteiger partial charge on any atom is 0.543 e. The molecule has 0 rings (SSSR count). The van der Waals surface area contributed by atoms with Crippen molar-refractivity contribution in [3.05, 3.63) is 0 Å². The van der Waals surface area contributed by atoms with Crippen LogP contribution in [0, 0.1) is 0 Å². The molecule has 0 aromatic carbocycles. The Balaban J connectivity index is 3.84. The van der Waals surface area contributed by atoms with Crippen molar-refractivity contribution in [3.63, 3.8) is 0 Å². The summed E-state index contributed by atoms with van der Waals surface area (Å²) in [6.07, 6.45) is 6.45. The summed E-state index contributed by atoms with van der Waals surface area (Å²) in [5.41, 5.74) is 0. The van der Waals surface area contributed by atoms with Crippen LogP contribution in [-0.4, -0.2) is 24.5 Å². The predicted octanol–water partition coefficient (Wildman–Crippen LogP) is 5.79. The molecule has 0 aromatic rings. The van der Waals surface area contributed by atoms with Gasteiger partial charge in [0.1, 0.15) is 12.2 Å². The highest BCUT2D eigenvalue weighted by molar-refractivity contribution is 5.59. The van der Waals surface area contributed by atoms with Crippen molar-refractivity contribution in [2.24, 2.45) is 0 Å². The molecular weight excluding hydrogens is 344 g/mol. The molecule has 0 N–H and O–H groups in total. The van der Waals surface area contributed by atoms with Gasteiger partial charge in [-0.2, -0.15) is 0 Å². The highest BCUT2D eigenvalue weighted by atomic mass is 17.7. The molecule has 0 saturated heterocycles. The van der Waals surface area contributed by atoms with Crippen LogP contribution in [0.15, 0.2) is 0 Å². The molecule has 0 radical (unpaired) electrons. The van der Waals surface area contributed by atoms with Crippen LogP contribution in [0.3, 0.4) is 0 Å². The monoisotopic (exact) mass is 378 g/mol. The minimum Gasteiger partial charge on any atom is -0.429 e. The quantitative estimate of drug-likeness (QED) is 0.153. The molecule has 8 nitrogen and oxygen atoms in total. The van der Waals surface area contributed by atoms with Gasteiger partial charge in [-0.25, -0.2) is 19.4 Å². The molecule has 0 aliphatic heterocycles. The first-order chi connectivity index (χ1) is 12.6. The van der Waals surface area contributed by atoms with Gasteiger partial charge in [-0.3, -0.25) is 0 Å². The van der Waals surface area contributed by atoms with E-state index in [9.17, 15) is 9.59 Å². The number of carbonyl (C=O) groups is 2. The zero-order valence-corrected chi connectivity index (χ0v) is 16.5. The summed E-state index contributed by atoms with van der Waals surface area (Å²) in [6.45, 7) is 8.01. The average molecular weight is 378 g/mol. The maximum absolute atomic E-state index is 11.4. The highest BCUT2D eigenvalue weighted by Gasteiger charge is 2.17. The van der Waals surface area contributed by atoms with E-state index in [1.54, 1.807) is 0 Å². The van der Waals surface area contributed by atoms with Gasteiger partial charge in [-0.1, -0.05) is 53.4 Å². The Bertz CT molecular complexity index is 327. The number of unbranched alkanes of at least 4 members (excludes halogenated alkanes) is 4. The smallest absolute Gasteiger partial charge is 0.429 e. The van der Waals surface area contributed by atoms with Crippen molar-refractivity contribution in [1.29, 1.82) is 0 Å². The lowest BCUT2D eigenvalue weighted by Crippen LogP contribution is -2.20. The Morgan fingerprint density at radius 3 is 1.35 bits per heavy atom. The van der Waals surface area contributed by atoms with Gasteiger partial charge in [0.2, 0.25) is 0 Å².